The Balaban J connectivity index is 1.31. The van der Waals surface area contributed by atoms with Crippen LogP contribution in [-0.4, -0.2) is 72.1 Å². The molecule has 1 atom stereocenters. The van der Waals surface area contributed by atoms with Gasteiger partial charge >= 0.3 is 0 Å². The van der Waals surface area contributed by atoms with Crippen LogP contribution < -0.4 is 10.5 Å². The topological polar surface area (TPSA) is 98.0 Å². The van der Waals surface area contributed by atoms with Crippen LogP contribution in [0.5, 0.6) is 5.75 Å². The molecule has 3 aliphatic heterocycles. The summed E-state index contributed by atoms with van der Waals surface area (Å²) in [5.74, 6) is 1.07. The molecule has 2 aromatic rings. The van der Waals surface area contributed by atoms with Gasteiger partial charge in [-0.05, 0) is 62.8 Å². The lowest BCUT2D eigenvalue weighted by molar-refractivity contribution is 0.0303. The Morgan fingerprint density at radius 2 is 1.86 bits per heavy atom. The number of nitrogens with two attached hydrogens (primary N) is 1. The molecule has 8 heteroatoms. The lowest BCUT2D eigenvalue weighted by Crippen LogP contribution is -2.45. The van der Waals surface area contributed by atoms with Crippen molar-refractivity contribution in [1.29, 1.82) is 0 Å². The van der Waals surface area contributed by atoms with Gasteiger partial charge in [0.2, 0.25) is 0 Å². The van der Waals surface area contributed by atoms with Crippen molar-refractivity contribution in [3.05, 3.63) is 53.7 Å². The number of rotatable bonds is 1. The standard InChI is InChI=1S/C28H36N4O4/c29-25-10-9-21(18-30-25)26(33)31-15-12-28(13-16-31)11-3-4-17-35-19-22-6-5-14-32(22)27(34)23-7-1-2-8-24(23)36-20-28/h1-2,7-10,18,22H,3-6,11-17,19-20H2,(H2,29,30)/t22-/m0/s1. The number of hydrogen-bond acceptors (Lipinski definition) is 6. The second-order valence-corrected chi connectivity index (χ2v) is 10.4. The smallest absolute Gasteiger partial charge is 0.257 e. The summed E-state index contributed by atoms with van der Waals surface area (Å²) >= 11 is 0. The fraction of sp³-hybridized carbons (Fsp3) is 0.536. The Kier molecular flexibility index (Phi) is 7.41. The van der Waals surface area contributed by atoms with E-state index in [-0.39, 0.29) is 23.3 Å². The van der Waals surface area contributed by atoms with Crippen LogP contribution in [0.15, 0.2) is 42.6 Å². The van der Waals surface area contributed by atoms with Crippen molar-refractivity contribution in [2.24, 2.45) is 5.41 Å². The van der Waals surface area contributed by atoms with E-state index in [0.29, 0.717) is 55.6 Å². The Morgan fingerprint density at radius 1 is 1.03 bits per heavy atom. The summed E-state index contributed by atoms with van der Waals surface area (Å²) in [7, 11) is 0. The van der Waals surface area contributed by atoms with E-state index in [0.717, 1.165) is 51.5 Å². The largest absolute Gasteiger partial charge is 0.492 e. The van der Waals surface area contributed by atoms with E-state index in [9.17, 15) is 9.59 Å². The van der Waals surface area contributed by atoms with Gasteiger partial charge in [-0.1, -0.05) is 18.6 Å². The first-order valence-electron chi connectivity index (χ1n) is 13.2. The molecule has 2 N–H and O–H groups in total. The fourth-order valence-corrected chi connectivity index (χ4v) is 5.72. The quantitative estimate of drug-likeness (QED) is 0.651. The molecule has 1 aromatic carbocycles. The monoisotopic (exact) mass is 492 g/mol. The number of fused-ring (bicyclic) bond motifs is 2. The minimum atomic E-state index is -0.0490. The zero-order chi connectivity index (χ0) is 25.0. The molecule has 4 heterocycles. The lowest BCUT2D eigenvalue weighted by Gasteiger charge is -2.42. The number of pyridine rings is 1. The molecule has 2 fully saturated rings. The maximum absolute atomic E-state index is 13.5. The summed E-state index contributed by atoms with van der Waals surface area (Å²) < 4.78 is 12.4. The van der Waals surface area contributed by atoms with Crippen LogP contribution in [0.4, 0.5) is 5.82 Å². The number of nitrogen functional groups attached to an aromatic ring is 1. The van der Waals surface area contributed by atoms with E-state index in [1.165, 1.54) is 0 Å². The number of para-hydroxylation sites is 1. The van der Waals surface area contributed by atoms with Crippen LogP contribution in [0.25, 0.3) is 0 Å². The van der Waals surface area contributed by atoms with Crippen molar-refractivity contribution in [2.75, 3.05) is 45.2 Å². The number of piperidine rings is 1. The molecule has 0 aliphatic carbocycles. The first-order valence-corrected chi connectivity index (χ1v) is 13.2. The maximum Gasteiger partial charge on any atom is 0.257 e. The summed E-state index contributed by atoms with van der Waals surface area (Å²) in [4.78, 5) is 34.4. The Morgan fingerprint density at radius 3 is 2.67 bits per heavy atom. The van der Waals surface area contributed by atoms with Crippen molar-refractivity contribution in [1.82, 2.24) is 14.8 Å². The van der Waals surface area contributed by atoms with E-state index in [4.69, 9.17) is 15.2 Å². The van der Waals surface area contributed by atoms with Crippen molar-refractivity contribution in [3.63, 3.8) is 0 Å². The predicted octanol–water partition coefficient (Wildman–Crippen LogP) is 3.77. The van der Waals surface area contributed by atoms with Gasteiger partial charge in [0.1, 0.15) is 11.6 Å². The van der Waals surface area contributed by atoms with E-state index >= 15 is 0 Å². The van der Waals surface area contributed by atoms with Crippen LogP contribution in [0.2, 0.25) is 0 Å². The lowest BCUT2D eigenvalue weighted by atomic mass is 9.75. The van der Waals surface area contributed by atoms with Crippen molar-refractivity contribution in [3.8, 4) is 5.75 Å². The van der Waals surface area contributed by atoms with Crippen LogP contribution >= 0.6 is 0 Å². The highest BCUT2D eigenvalue weighted by molar-refractivity contribution is 5.97. The van der Waals surface area contributed by atoms with Gasteiger partial charge in [0.05, 0.1) is 30.4 Å². The number of anilines is 1. The normalized spacial score (nSPS) is 22.9. The van der Waals surface area contributed by atoms with E-state index < -0.39 is 0 Å². The van der Waals surface area contributed by atoms with Crippen LogP contribution in [-0.2, 0) is 4.74 Å². The van der Waals surface area contributed by atoms with E-state index in [2.05, 4.69) is 4.98 Å². The number of benzene rings is 1. The number of likely N-dealkylation sites (tertiary alicyclic amines) is 1. The van der Waals surface area contributed by atoms with Crippen molar-refractivity contribution in [2.45, 2.75) is 51.0 Å². The van der Waals surface area contributed by atoms with Gasteiger partial charge in [-0.15, -0.1) is 0 Å². The van der Waals surface area contributed by atoms with E-state index in [1.807, 2.05) is 34.1 Å². The highest BCUT2D eigenvalue weighted by atomic mass is 16.5. The number of amides is 2. The second kappa shape index (κ2) is 10.9. The second-order valence-electron chi connectivity index (χ2n) is 10.4. The molecule has 36 heavy (non-hydrogen) atoms. The first kappa shape index (κ1) is 24.6. The number of ether oxygens (including phenoxy) is 2. The summed E-state index contributed by atoms with van der Waals surface area (Å²) in [6.45, 7) is 3.93. The molecule has 5 rings (SSSR count). The molecule has 8 nitrogen and oxygen atoms in total. The summed E-state index contributed by atoms with van der Waals surface area (Å²) in [5.41, 5.74) is 6.81. The Hall–Kier alpha value is -3.13. The van der Waals surface area contributed by atoms with Crippen LogP contribution in [0.3, 0.4) is 0 Å². The molecular formula is C28H36N4O4. The number of carbonyl (C=O) groups excluding carboxylic acids is 2. The SMILES string of the molecule is Nc1ccc(C(=O)N2CCC3(CCCCOC[C@@H]4CCCN4C(=O)c4ccccc4OC3)CC2)cn1. The van der Waals surface area contributed by atoms with Gasteiger partial charge in [-0.25, -0.2) is 4.98 Å². The zero-order valence-electron chi connectivity index (χ0n) is 20.9. The molecule has 0 radical (unpaired) electrons. The van der Waals surface area contributed by atoms with Crippen LogP contribution in [0, 0.1) is 5.41 Å². The number of aromatic nitrogens is 1. The fourth-order valence-electron chi connectivity index (χ4n) is 5.72. The van der Waals surface area contributed by atoms with Crippen molar-refractivity contribution >= 4 is 17.6 Å². The average Bonchev–Trinajstić information content (AvgIpc) is 3.38. The van der Waals surface area contributed by atoms with Gasteiger partial charge in [0.15, 0.2) is 0 Å². The summed E-state index contributed by atoms with van der Waals surface area (Å²) in [6, 6.07) is 11.1. The van der Waals surface area contributed by atoms with Gasteiger partial charge in [-0.3, -0.25) is 9.59 Å². The summed E-state index contributed by atoms with van der Waals surface area (Å²) in [5, 5.41) is 0. The highest BCUT2D eigenvalue weighted by Crippen LogP contribution is 2.38. The minimum absolute atomic E-state index is 0.0105. The summed E-state index contributed by atoms with van der Waals surface area (Å²) in [6.07, 6.45) is 8.29. The Labute approximate surface area is 212 Å². The van der Waals surface area contributed by atoms with E-state index in [1.54, 1.807) is 18.3 Å². The van der Waals surface area contributed by atoms with Gasteiger partial charge in [-0.2, -0.15) is 0 Å². The molecule has 1 spiro atoms. The Bertz CT molecular complexity index is 1070. The molecule has 0 unspecified atom stereocenters. The molecule has 0 saturated carbocycles. The molecule has 0 bridgehead atoms. The molecular weight excluding hydrogens is 456 g/mol. The van der Waals surface area contributed by atoms with Crippen molar-refractivity contribution < 1.29 is 19.1 Å². The highest BCUT2D eigenvalue weighted by Gasteiger charge is 2.38. The maximum atomic E-state index is 13.5. The molecule has 2 saturated heterocycles. The van der Waals surface area contributed by atoms with Gasteiger partial charge in [0.25, 0.3) is 11.8 Å². The third-order valence-corrected chi connectivity index (χ3v) is 7.99. The third kappa shape index (κ3) is 5.33. The number of nitrogens with zero attached hydrogens (tertiary/aromatic N) is 3. The molecule has 192 valence electrons. The number of carbonyl (C=O) groups is 2. The van der Waals surface area contributed by atoms with Gasteiger partial charge < -0.3 is 25.0 Å². The molecule has 1 aromatic heterocycles. The third-order valence-electron chi connectivity index (χ3n) is 7.99. The van der Waals surface area contributed by atoms with Crippen LogP contribution in [0.1, 0.15) is 65.7 Å². The predicted molar refractivity (Wildman–Crippen MR) is 137 cm³/mol. The first-order chi connectivity index (χ1) is 17.5. The van der Waals surface area contributed by atoms with Gasteiger partial charge in [0, 0.05) is 37.9 Å². The zero-order valence-corrected chi connectivity index (χ0v) is 20.9. The minimum Gasteiger partial charge on any atom is -0.492 e. The molecule has 2 amide bonds. The average molecular weight is 493 g/mol. The molecule has 3 aliphatic rings. The number of hydrogen-bond donors (Lipinski definition) is 1.